The van der Waals surface area contributed by atoms with E-state index in [2.05, 4.69) is 10.6 Å². The lowest BCUT2D eigenvalue weighted by molar-refractivity contribution is -0.135. The average Bonchev–Trinajstić information content (AvgIpc) is 2.56. The molecule has 5 heteroatoms. The monoisotopic (exact) mass is 242 g/mol. The van der Waals surface area contributed by atoms with Crippen LogP contribution < -0.4 is 10.6 Å². The second-order valence-electron chi connectivity index (χ2n) is 4.88. The average molecular weight is 242 g/mol. The van der Waals surface area contributed by atoms with Crippen LogP contribution in [0.25, 0.3) is 0 Å². The molecule has 2 fully saturated rings. The zero-order valence-electron chi connectivity index (χ0n) is 10.2. The topological polar surface area (TPSA) is 70.6 Å². The van der Waals surface area contributed by atoms with E-state index in [1.54, 1.807) is 0 Å². The summed E-state index contributed by atoms with van der Waals surface area (Å²) in [6.45, 7) is 1.94. The molecule has 2 aliphatic rings. The minimum Gasteiger partial charge on any atom is -0.391 e. The van der Waals surface area contributed by atoms with Crippen molar-refractivity contribution in [1.29, 1.82) is 0 Å². The highest BCUT2D eigenvalue weighted by Gasteiger charge is 2.28. The van der Waals surface area contributed by atoms with Crippen LogP contribution in [0.15, 0.2) is 0 Å². The molecular formula is C12H22N2O3. The molecule has 1 aliphatic heterocycles. The van der Waals surface area contributed by atoms with E-state index in [9.17, 15) is 9.90 Å². The van der Waals surface area contributed by atoms with Gasteiger partial charge in [0.25, 0.3) is 5.91 Å². The number of aliphatic hydroxyl groups is 1. The molecule has 3 atom stereocenters. The first kappa shape index (κ1) is 12.8. The van der Waals surface area contributed by atoms with Crippen molar-refractivity contribution in [2.24, 2.45) is 0 Å². The highest BCUT2D eigenvalue weighted by molar-refractivity contribution is 5.81. The van der Waals surface area contributed by atoms with Crippen molar-refractivity contribution in [1.82, 2.24) is 10.6 Å². The van der Waals surface area contributed by atoms with E-state index in [4.69, 9.17) is 4.74 Å². The number of ether oxygens (including phenoxy) is 1. The fraction of sp³-hybridized carbons (Fsp3) is 0.917. The Labute approximate surface area is 102 Å². The Morgan fingerprint density at radius 1 is 1.29 bits per heavy atom. The third-order valence-electron chi connectivity index (χ3n) is 3.53. The van der Waals surface area contributed by atoms with E-state index >= 15 is 0 Å². The Morgan fingerprint density at radius 3 is 2.88 bits per heavy atom. The molecule has 0 spiro atoms. The third-order valence-corrected chi connectivity index (χ3v) is 3.53. The number of hydrogen-bond acceptors (Lipinski definition) is 4. The van der Waals surface area contributed by atoms with Gasteiger partial charge in [-0.05, 0) is 12.8 Å². The van der Waals surface area contributed by atoms with Crippen molar-refractivity contribution in [3.63, 3.8) is 0 Å². The summed E-state index contributed by atoms with van der Waals surface area (Å²) in [5.74, 6) is -0.0943. The number of nitrogens with one attached hydrogen (secondary N) is 2. The quantitative estimate of drug-likeness (QED) is 0.586. The second-order valence-corrected chi connectivity index (χ2v) is 4.88. The third kappa shape index (κ3) is 3.66. The van der Waals surface area contributed by atoms with Gasteiger partial charge in [0, 0.05) is 13.1 Å². The molecule has 17 heavy (non-hydrogen) atoms. The van der Waals surface area contributed by atoms with Crippen molar-refractivity contribution in [3.8, 4) is 0 Å². The first-order valence-corrected chi connectivity index (χ1v) is 6.58. The Hall–Kier alpha value is -0.650. The van der Waals surface area contributed by atoms with Gasteiger partial charge in [0.2, 0.25) is 0 Å². The highest BCUT2D eigenvalue weighted by atomic mass is 16.5. The molecule has 1 saturated carbocycles. The first-order valence-electron chi connectivity index (χ1n) is 6.58. The minimum atomic E-state index is -0.405. The van der Waals surface area contributed by atoms with Crippen LogP contribution in [0.2, 0.25) is 0 Å². The van der Waals surface area contributed by atoms with Gasteiger partial charge in [-0.1, -0.05) is 19.3 Å². The summed E-state index contributed by atoms with van der Waals surface area (Å²) < 4.78 is 5.39. The standard InChI is InChI=1S/C12H22N2O3/c15-10-5-3-1-2-4-9(10)14-12(16)11-8-13-6-7-17-11/h9-11,13,15H,1-8H2,(H,14,16). The molecule has 0 radical (unpaired) electrons. The number of morpholine rings is 1. The summed E-state index contributed by atoms with van der Waals surface area (Å²) in [6, 6.07) is -0.101. The van der Waals surface area contributed by atoms with Gasteiger partial charge in [0.15, 0.2) is 0 Å². The summed E-state index contributed by atoms with van der Waals surface area (Å²) in [5.41, 5.74) is 0. The van der Waals surface area contributed by atoms with Crippen LogP contribution in [0.4, 0.5) is 0 Å². The van der Waals surface area contributed by atoms with Gasteiger partial charge < -0.3 is 20.5 Å². The molecule has 1 heterocycles. The van der Waals surface area contributed by atoms with Crippen molar-refractivity contribution in [2.45, 2.75) is 50.4 Å². The zero-order chi connectivity index (χ0) is 12.1. The number of aliphatic hydroxyl groups excluding tert-OH is 1. The van der Waals surface area contributed by atoms with Gasteiger partial charge in [0.05, 0.1) is 18.8 Å². The Kier molecular flexibility index (Phi) is 4.76. The van der Waals surface area contributed by atoms with Crippen LogP contribution in [-0.2, 0) is 9.53 Å². The Bertz CT molecular complexity index is 254. The van der Waals surface area contributed by atoms with Crippen LogP contribution in [0, 0.1) is 0 Å². The highest BCUT2D eigenvalue weighted by Crippen LogP contribution is 2.18. The van der Waals surface area contributed by atoms with Crippen LogP contribution in [-0.4, -0.2) is 49.0 Å². The Morgan fingerprint density at radius 2 is 2.12 bits per heavy atom. The van der Waals surface area contributed by atoms with E-state index in [0.29, 0.717) is 13.2 Å². The van der Waals surface area contributed by atoms with Gasteiger partial charge in [-0.2, -0.15) is 0 Å². The fourth-order valence-corrected chi connectivity index (χ4v) is 2.47. The lowest BCUT2D eigenvalue weighted by atomic mass is 10.1. The summed E-state index contributed by atoms with van der Waals surface area (Å²) in [5, 5.41) is 16.0. The van der Waals surface area contributed by atoms with Gasteiger partial charge in [-0.25, -0.2) is 0 Å². The molecular weight excluding hydrogens is 220 g/mol. The molecule has 0 bridgehead atoms. The number of rotatable bonds is 2. The van der Waals surface area contributed by atoms with Gasteiger partial charge in [0.1, 0.15) is 6.10 Å². The number of carbonyl (C=O) groups excluding carboxylic acids is 1. The summed E-state index contributed by atoms with van der Waals surface area (Å²) in [7, 11) is 0. The zero-order valence-corrected chi connectivity index (χ0v) is 10.2. The molecule has 3 N–H and O–H groups in total. The van der Waals surface area contributed by atoms with Gasteiger partial charge in [-0.15, -0.1) is 0 Å². The molecule has 1 amide bonds. The molecule has 0 aromatic rings. The molecule has 2 rings (SSSR count). The lowest BCUT2D eigenvalue weighted by Crippen LogP contribution is -2.52. The lowest BCUT2D eigenvalue weighted by Gasteiger charge is -2.27. The van der Waals surface area contributed by atoms with E-state index in [-0.39, 0.29) is 11.9 Å². The normalized spacial score (nSPS) is 35.0. The van der Waals surface area contributed by atoms with Crippen molar-refractivity contribution in [3.05, 3.63) is 0 Å². The van der Waals surface area contributed by atoms with Gasteiger partial charge >= 0.3 is 0 Å². The second kappa shape index (κ2) is 6.33. The maximum absolute atomic E-state index is 11.9. The molecule has 0 aromatic heterocycles. The minimum absolute atomic E-state index is 0.0943. The first-order chi connectivity index (χ1) is 8.27. The molecule has 98 valence electrons. The maximum Gasteiger partial charge on any atom is 0.250 e. The predicted octanol–water partition coefficient (Wildman–Crippen LogP) is -0.215. The van der Waals surface area contributed by atoms with Crippen LogP contribution in [0.3, 0.4) is 0 Å². The molecule has 0 aromatic carbocycles. The van der Waals surface area contributed by atoms with Crippen molar-refractivity contribution < 1.29 is 14.6 Å². The van der Waals surface area contributed by atoms with E-state index in [1.165, 1.54) is 0 Å². The number of hydrogen-bond donors (Lipinski definition) is 3. The molecule has 5 nitrogen and oxygen atoms in total. The molecule has 1 saturated heterocycles. The van der Waals surface area contributed by atoms with E-state index in [0.717, 1.165) is 38.6 Å². The van der Waals surface area contributed by atoms with Crippen molar-refractivity contribution in [2.75, 3.05) is 19.7 Å². The van der Waals surface area contributed by atoms with Crippen LogP contribution in [0.1, 0.15) is 32.1 Å². The number of carbonyl (C=O) groups is 1. The van der Waals surface area contributed by atoms with Gasteiger partial charge in [-0.3, -0.25) is 4.79 Å². The Balaban J connectivity index is 1.83. The number of amides is 1. The SMILES string of the molecule is O=C(NC1CCCCCC1O)C1CNCCO1. The summed E-state index contributed by atoms with van der Waals surface area (Å²) in [6.07, 6.45) is 4.12. The largest absolute Gasteiger partial charge is 0.391 e. The fourth-order valence-electron chi connectivity index (χ4n) is 2.47. The molecule has 3 unspecified atom stereocenters. The molecule has 1 aliphatic carbocycles. The summed E-state index contributed by atoms with van der Waals surface area (Å²) >= 11 is 0. The smallest absolute Gasteiger partial charge is 0.250 e. The van der Waals surface area contributed by atoms with Crippen molar-refractivity contribution >= 4 is 5.91 Å². The van der Waals surface area contributed by atoms with Crippen LogP contribution >= 0.6 is 0 Å². The van der Waals surface area contributed by atoms with E-state index in [1.807, 2.05) is 0 Å². The van der Waals surface area contributed by atoms with E-state index < -0.39 is 12.2 Å². The maximum atomic E-state index is 11.9. The van der Waals surface area contributed by atoms with Crippen LogP contribution in [0.5, 0.6) is 0 Å². The summed E-state index contributed by atoms with van der Waals surface area (Å²) in [4.78, 5) is 11.9. The predicted molar refractivity (Wildman–Crippen MR) is 63.6 cm³/mol.